The SMILES string of the molecule is Cc1nc2c([nH]1)CC(C(=O)N1CCCc3ccccc31)CC2. The molecule has 2 aromatic rings. The van der Waals surface area contributed by atoms with Crippen LogP contribution in [0.5, 0.6) is 0 Å². The highest BCUT2D eigenvalue weighted by Crippen LogP contribution is 2.31. The minimum Gasteiger partial charge on any atom is -0.346 e. The molecule has 1 N–H and O–H groups in total. The Morgan fingerprint density at radius 3 is 3.09 bits per heavy atom. The van der Waals surface area contributed by atoms with Crippen molar-refractivity contribution >= 4 is 11.6 Å². The number of aromatic nitrogens is 2. The van der Waals surface area contributed by atoms with Gasteiger partial charge in [0.25, 0.3) is 0 Å². The first-order valence-electron chi connectivity index (χ1n) is 8.16. The molecule has 1 aromatic carbocycles. The minimum absolute atomic E-state index is 0.0820. The van der Waals surface area contributed by atoms with E-state index in [0.29, 0.717) is 0 Å². The molecule has 0 bridgehead atoms. The second kappa shape index (κ2) is 5.27. The lowest BCUT2D eigenvalue weighted by atomic mass is 9.88. The largest absolute Gasteiger partial charge is 0.346 e. The van der Waals surface area contributed by atoms with E-state index < -0.39 is 0 Å². The summed E-state index contributed by atoms with van der Waals surface area (Å²) in [5, 5.41) is 0. The smallest absolute Gasteiger partial charge is 0.230 e. The Hall–Kier alpha value is -2.10. The third kappa shape index (κ3) is 2.23. The zero-order valence-electron chi connectivity index (χ0n) is 12.9. The number of fused-ring (bicyclic) bond motifs is 2. The molecule has 1 aromatic heterocycles. The second-order valence-corrected chi connectivity index (χ2v) is 6.41. The summed E-state index contributed by atoms with van der Waals surface area (Å²) in [5.74, 6) is 1.32. The maximum atomic E-state index is 13.0. The minimum atomic E-state index is 0.0820. The van der Waals surface area contributed by atoms with Crippen molar-refractivity contribution in [2.24, 2.45) is 5.92 Å². The van der Waals surface area contributed by atoms with Gasteiger partial charge in [-0.1, -0.05) is 18.2 Å². The predicted molar refractivity (Wildman–Crippen MR) is 86.0 cm³/mol. The number of aryl methyl sites for hydroxylation is 3. The number of para-hydroxylation sites is 1. The van der Waals surface area contributed by atoms with Gasteiger partial charge in [-0.3, -0.25) is 4.79 Å². The number of nitrogens with zero attached hydrogens (tertiary/aromatic N) is 2. The number of aromatic amines is 1. The molecule has 0 spiro atoms. The van der Waals surface area contributed by atoms with Crippen molar-refractivity contribution in [1.29, 1.82) is 0 Å². The summed E-state index contributed by atoms with van der Waals surface area (Å²) in [7, 11) is 0. The second-order valence-electron chi connectivity index (χ2n) is 6.41. The van der Waals surface area contributed by atoms with E-state index in [0.717, 1.165) is 61.5 Å². The lowest BCUT2D eigenvalue weighted by Gasteiger charge is -2.33. The number of carbonyl (C=O) groups excluding carboxylic acids is 1. The van der Waals surface area contributed by atoms with E-state index in [1.165, 1.54) is 5.56 Å². The van der Waals surface area contributed by atoms with Gasteiger partial charge in [-0.25, -0.2) is 4.98 Å². The van der Waals surface area contributed by atoms with E-state index in [1.54, 1.807) is 0 Å². The van der Waals surface area contributed by atoms with Gasteiger partial charge >= 0.3 is 0 Å². The van der Waals surface area contributed by atoms with Gasteiger partial charge in [0, 0.05) is 30.3 Å². The molecule has 114 valence electrons. The first-order valence-corrected chi connectivity index (χ1v) is 8.16. The topological polar surface area (TPSA) is 49.0 Å². The number of H-pyrrole nitrogens is 1. The number of benzene rings is 1. The summed E-state index contributed by atoms with van der Waals surface area (Å²) < 4.78 is 0. The van der Waals surface area contributed by atoms with Gasteiger partial charge < -0.3 is 9.88 Å². The average molecular weight is 295 g/mol. The van der Waals surface area contributed by atoms with Gasteiger partial charge in [-0.2, -0.15) is 0 Å². The monoisotopic (exact) mass is 295 g/mol. The molecule has 1 amide bonds. The number of amides is 1. The highest BCUT2D eigenvalue weighted by molar-refractivity contribution is 5.96. The van der Waals surface area contributed by atoms with E-state index in [2.05, 4.69) is 28.2 Å². The van der Waals surface area contributed by atoms with Gasteiger partial charge in [0.2, 0.25) is 5.91 Å². The van der Waals surface area contributed by atoms with Crippen LogP contribution in [0, 0.1) is 12.8 Å². The van der Waals surface area contributed by atoms with Crippen molar-refractivity contribution in [3.05, 3.63) is 47.0 Å². The molecule has 0 radical (unpaired) electrons. The number of carbonyl (C=O) groups is 1. The quantitative estimate of drug-likeness (QED) is 0.879. The van der Waals surface area contributed by atoms with Crippen LogP contribution in [0.2, 0.25) is 0 Å². The Balaban J connectivity index is 1.58. The Morgan fingerprint density at radius 2 is 2.18 bits per heavy atom. The summed E-state index contributed by atoms with van der Waals surface area (Å²) in [4.78, 5) is 22.9. The van der Waals surface area contributed by atoms with Crippen molar-refractivity contribution in [2.75, 3.05) is 11.4 Å². The normalized spacial score (nSPS) is 20.4. The van der Waals surface area contributed by atoms with Crippen LogP contribution in [-0.2, 0) is 24.1 Å². The van der Waals surface area contributed by atoms with Crippen LogP contribution in [0.25, 0.3) is 0 Å². The third-order valence-corrected chi connectivity index (χ3v) is 4.89. The highest BCUT2D eigenvalue weighted by atomic mass is 16.2. The molecule has 0 saturated heterocycles. The Labute approximate surface area is 130 Å². The number of rotatable bonds is 1. The summed E-state index contributed by atoms with van der Waals surface area (Å²) >= 11 is 0. The molecule has 1 aliphatic carbocycles. The number of nitrogens with one attached hydrogen (secondary N) is 1. The Bertz CT molecular complexity index is 719. The lowest BCUT2D eigenvalue weighted by Crippen LogP contribution is -2.41. The van der Waals surface area contributed by atoms with Gasteiger partial charge in [-0.15, -0.1) is 0 Å². The molecule has 4 rings (SSSR count). The molecule has 4 nitrogen and oxygen atoms in total. The fourth-order valence-corrected chi connectivity index (χ4v) is 3.82. The van der Waals surface area contributed by atoms with Crippen LogP contribution < -0.4 is 4.90 Å². The third-order valence-electron chi connectivity index (χ3n) is 4.89. The fourth-order valence-electron chi connectivity index (χ4n) is 3.82. The summed E-state index contributed by atoms with van der Waals surface area (Å²) in [6, 6.07) is 8.32. The van der Waals surface area contributed by atoms with Gasteiger partial charge in [0.05, 0.1) is 5.69 Å². The summed E-state index contributed by atoms with van der Waals surface area (Å²) in [6.45, 7) is 2.83. The first kappa shape index (κ1) is 13.6. The molecule has 1 atom stereocenters. The van der Waals surface area contributed by atoms with Crippen molar-refractivity contribution in [2.45, 2.75) is 39.0 Å². The van der Waals surface area contributed by atoms with Gasteiger partial charge in [0.1, 0.15) is 5.82 Å². The first-order chi connectivity index (χ1) is 10.7. The molecule has 0 saturated carbocycles. The van der Waals surface area contributed by atoms with Crippen molar-refractivity contribution < 1.29 is 4.79 Å². The van der Waals surface area contributed by atoms with Gasteiger partial charge in [0.15, 0.2) is 0 Å². The number of hydrogen-bond donors (Lipinski definition) is 1. The zero-order chi connectivity index (χ0) is 15.1. The number of hydrogen-bond acceptors (Lipinski definition) is 2. The predicted octanol–water partition coefficient (Wildman–Crippen LogP) is 2.80. The van der Waals surface area contributed by atoms with Crippen LogP contribution in [0.4, 0.5) is 5.69 Å². The molecular weight excluding hydrogens is 274 g/mol. The molecule has 1 unspecified atom stereocenters. The molecule has 4 heteroatoms. The zero-order valence-corrected chi connectivity index (χ0v) is 12.9. The molecular formula is C18H21N3O. The van der Waals surface area contributed by atoms with Crippen molar-refractivity contribution in [3.8, 4) is 0 Å². The van der Waals surface area contributed by atoms with Crippen LogP contribution in [0.3, 0.4) is 0 Å². The van der Waals surface area contributed by atoms with E-state index in [1.807, 2.05) is 17.9 Å². The molecule has 2 aliphatic rings. The summed E-state index contributed by atoms with van der Waals surface area (Å²) in [5.41, 5.74) is 4.73. The van der Waals surface area contributed by atoms with Crippen LogP contribution >= 0.6 is 0 Å². The van der Waals surface area contributed by atoms with E-state index >= 15 is 0 Å². The maximum absolute atomic E-state index is 13.0. The molecule has 1 aliphatic heterocycles. The molecule has 0 fully saturated rings. The van der Waals surface area contributed by atoms with E-state index in [9.17, 15) is 4.79 Å². The standard InChI is InChI=1S/C18H21N3O/c1-12-19-15-9-8-14(11-16(15)20-12)18(22)21-10-4-6-13-5-2-3-7-17(13)21/h2-3,5,7,14H,4,6,8-11H2,1H3,(H,19,20). The average Bonchev–Trinajstić information content (AvgIpc) is 2.92. The number of imidazole rings is 1. The fraction of sp³-hybridized carbons (Fsp3) is 0.444. The highest BCUT2D eigenvalue weighted by Gasteiger charge is 2.32. The van der Waals surface area contributed by atoms with E-state index in [4.69, 9.17) is 0 Å². The number of anilines is 1. The van der Waals surface area contributed by atoms with E-state index in [-0.39, 0.29) is 11.8 Å². The van der Waals surface area contributed by atoms with Crippen LogP contribution in [0.15, 0.2) is 24.3 Å². The molecule has 22 heavy (non-hydrogen) atoms. The van der Waals surface area contributed by atoms with Gasteiger partial charge in [-0.05, 0) is 44.2 Å². The Morgan fingerprint density at radius 1 is 1.32 bits per heavy atom. The van der Waals surface area contributed by atoms with Crippen molar-refractivity contribution in [3.63, 3.8) is 0 Å². The lowest BCUT2D eigenvalue weighted by molar-refractivity contribution is -0.122. The maximum Gasteiger partial charge on any atom is 0.230 e. The molecule has 2 heterocycles. The van der Waals surface area contributed by atoms with Crippen molar-refractivity contribution in [1.82, 2.24) is 9.97 Å². The van der Waals surface area contributed by atoms with Crippen LogP contribution in [-0.4, -0.2) is 22.4 Å². The van der Waals surface area contributed by atoms with Crippen LogP contribution in [0.1, 0.15) is 35.6 Å². The Kier molecular flexibility index (Phi) is 3.25. The summed E-state index contributed by atoms with van der Waals surface area (Å²) in [6.07, 6.45) is 4.76.